The number of nitrogens with zero attached hydrogens (tertiary/aromatic N) is 4. The first-order valence-corrected chi connectivity index (χ1v) is 10.1. The van der Waals surface area contributed by atoms with Crippen LogP contribution in [0, 0.1) is 16.0 Å². The van der Waals surface area contributed by atoms with Gasteiger partial charge in [-0.2, -0.15) is 0 Å². The largest absolute Gasteiger partial charge is 0.433 e. The van der Waals surface area contributed by atoms with Gasteiger partial charge in [0.25, 0.3) is 5.91 Å². The van der Waals surface area contributed by atoms with Crippen LogP contribution in [0.5, 0.6) is 0 Å². The minimum atomic E-state index is -0.682. The Hall–Kier alpha value is -3.20. The van der Waals surface area contributed by atoms with Crippen LogP contribution in [0.2, 0.25) is 0 Å². The topological polar surface area (TPSA) is 100 Å². The quantitative estimate of drug-likeness (QED) is 0.528. The molecule has 2 aromatic rings. The second-order valence-corrected chi connectivity index (χ2v) is 7.70. The van der Waals surface area contributed by atoms with E-state index in [4.69, 9.17) is 4.42 Å². The van der Waals surface area contributed by atoms with Crippen LogP contribution in [0.4, 0.5) is 5.88 Å². The Morgan fingerprint density at radius 2 is 1.70 bits per heavy atom. The molecule has 0 spiro atoms. The minimum Gasteiger partial charge on any atom is -0.395 e. The molecule has 0 unspecified atom stereocenters. The highest BCUT2D eigenvalue weighted by atomic mass is 16.6. The molecule has 0 atom stereocenters. The number of rotatable bonds is 6. The smallest absolute Gasteiger partial charge is 0.395 e. The lowest BCUT2D eigenvalue weighted by atomic mass is 9.97. The van der Waals surface area contributed by atoms with Gasteiger partial charge in [0, 0.05) is 45.8 Å². The molecule has 30 heavy (non-hydrogen) atoms. The molecule has 0 bridgehead atoms. The SMILES string of the molecule is O=C(c1ccc([N+](=O)[O-])o1)N1CC(C(=O)N2CCN(CCc3ccccc3)CC2)C1. The maximum atomic E-state index is 12.7. The summed E-state index contributed by atoms with van der Waals surface area (Å²) in [6.45, 7) is 4.71. The summed E-state index contributed by atoms with van der Waals surface area (Å²) < 4.78 is 4.95. The molecule has 4 rings (SSSR count). The number of amides is 2. The molecule has 0 saturated carbocycles. The number of hydrogen-bond acceptors (Lipinski definition) is 6. The van der Waals surface area contributed by atoms with E-state index >= 15 is 0 Å². The van der Waals surface area contributed by atoms with Crippen molar-refractivity contribution in [3.63, 3.8) is 0 Å². The van der Waals surface area contributed by atoms with Gasteiger partial charge in [0.15, 0.2) is 5.76 Å². The van der Waals surface area contributed by atoms with E-state index in [1.807, 2.05) is 23.1 Å². The highest BCUT2D eigenvalue weighted by Crippen LogP contribution is 2.24. The van der Waals surface area contributed by atoms with E-state index in [9.17, 15) is 19.7 Å². The van der Waals surface area contributed by atoms with Crippen molar-refractivity contribution < 1.29 is 18.9 Å². The molecule has 2 aliphatic heterocycles. The average molecular weight is 412 g/mol. The zero-order chi connectivity index (χ0) is 21.1. The Morgan fingerprint density at radius 3 is 2.33 bits per heavy atom. The Labute approximate surface area is 174 Å². The number of nitro groups is 1. The van der Waals surface area contributed by atoms with Gasteiger partial charge in [0.1, 0.15) is 4.92 Å². The fourth-order valence-electron chi connectivity index (χ4n) is 3.88. The molecule has 9 heteroatoms. The third-order valence-electron chi connectivity index (χ3n) is 5.74. The lowest BCUT2D eigenvalue weighted by Gasteiger charge is -2.42. The molecule has 0 aliphatic carbocycles. The highest BCUT2D eigenvalue weighted by Gasteiger charge is 2.39. The van der Waals surface area contributed by atoms with Crippen molar-refractivity contribution in [2.45, 2.75) is 6.42 Å². The zero-order valence-corrected chi connectivity index (χ0v) is 16.6. The number of furan rings is 1. The molecular formula is C21H24N4O5. The standard InChI is InChI=1S/C21H24N4O5/c26-20(17-14-24(15-17)21(27)18-6-7-19(30-18)25(28)29)23-12-10-22(11-13-23)9-8-16-4-2-1-3-5-16/h1-7,17H,8-15H2. The normalized spacial score (nSPS) is 17.6. The third-order valence-corrected chi connectivity index (χ3v) is 5.74. The molecule has 2 saturated heterocycles. The fourth-order valence-corrected chi connectivity index (χ4v) is 3.88. The number of carbonyl (C=O) groups is 2. The van der Waals surface area contributed by atoms with E-state index in [1.165, 1.54) is 16.5 Å². The van der Waals surface area contributed by atoms with E-state index in [-0.39, 0.29) is 17.6 Å². The number of likely N-dealkylation sites (tertiary alicyclic amines) is 1. The Balaban J connectivity index is 1.20. The Morgan fingerprint density at radius 1 is 1.00 bits per heavy atom. The van der Waals surface area contributed by atoms with Crippen molar-refractivity contribution in [3.8, 4) is 0 Å². The van der Waals surface area contributed by atoms with E-state index in [1.54, 1.807) is 0 Å². The van der Waals surface area contributed by atoms with Gasteiger partial charge in [0.2, 0.25) is 5.91 Å². The van der Waals surface area contributed by atoms with Crippen molar-refractivity contribution in [3.05, 3.63) is 63.9 Å². The number of hydrogen-bond donors (Lipinski definition) is 0. The summed E-state index contributed by atoms with van der Waals surface area (Å²) in [7, 11) is 0. The van der Waals surface area contributed by atoms with Gasteiger partial charge in [-0.25, -0.2) is 0 Å². The van der Waals surface area contributed by atoms with Crippen molar-refractivity contribution in [1.82, 2.24) is 14.7 Å². The van der Waals surface area contributed by atoms with Gasteiger partial charge >= 0.3 is 5.88 Å². The molecule has 0 N–H and O–H groups in total. The first-order valence-electron chi connectivity index (χ1n) is 10.1. The molecule has 9 nitrogen and oxygen atoms in total. The summed E-state index contributed by atoms with van der Waals surface area (Å²) in [5.41, 5.74) is 1.32. The van der Waals surface area contributed by atoms with E-state index in [0.29, 0.717) is 26.2 Å². The van der Waals surface area contributed by atoms with Gasteiger partial charge in [0.05, 0.1) is 12.0 Å². The van der Waals surface area contributed by atoms with Crippen molar-refractivity contribution >= 4 is 17.7 Å². The summed E-state index contributed by atoms with van der Waals surface area (Å²) in [6.07, 6.45) is 0.999. The maximum absolute atomic E-state index is 12.7. The summed E-state index contributed by atoms with van der Waals surface area (Å²) in [4.78, 5) is 40.8. The third kappa shape index (κ3) is 4.35. The predicted molar refractivity (Wildman–Crippen MR) is 108 cm³/mol. The van der Waals surface area contributed by atoms with Crippen LogP contribution in [-0.2, 0) is 11.2 Å². The van der Waals surface area contributed by atoms with Crippen LogP contribution in [0.1, 0.15) is 16.1 Å². The molecule has 2 aliphatic rings. The lowest BCUT2D eigenvalue weighted by Crippen LogP contribution is -2.59. The van der Waals surface area contributed by atoms with Crippen molar-refractivity contribution in [2.24, 2.45) is 5.92 Å². The Kier molecular flexibility index (Phi) is 5.80. The van der Waals surface area contributed by atoms with E-state index in [0.717, 1.165) is 32.1 Å². The van der Waals surface area contributed by atoms with Crippen LogP contribution in [0.3, 0.4) is 0 Å². The van der Waals surface area contributed by atoms with E-state index < -0.39 is 16.7 Å². The molecule has 2 fully saturated rings. The first kappa shape index (κ1) is 20.1. The Bertz CT molecular complexity index is 914. The average Bonchev–Trinajstić information content (AvgIpc) is 3.23. The fraction of sp³-hybridized carbons (Fsp3) is 0.429. The minimum absolute atomic E-state index is 0.0698. The molecular weight excluding hydrogens is 388 g/mol. The first-order chi connectivity index (χ1) is 14.5. The van der Waals surface area contributed by atoms with Crippen LogP contribution < -0.4 is 0 Å². The van der Waals surface area contributed by atoms with Crippen LogP contribution in [0.15, 0.2) is 46.9 Å². The number of piperazine rings is 1. The lowest BCUT2D eigenvalue weighted by molar-refractivity contribution is -0.402. The highest BCUT2D eigenvalue weighted by molar-refractivity contribution is 5.94. The number of carbonyl (C=O) groups excluding carboxylic acids is 2. The second-order valence-electron chi connectivity index (χ2n) is 7.70. The summed E-state index contributed by atoms with van der Waals surface area (Å²) in [5.74, 6) is -1.09. The van der Waals surface area contributed by atoms with Gasteiger partial charge in [-0.05, 0) is 18.1 Å². The number of benzene rings is 1. The van der Waals surface area contributed by atoms with Gasteiger partial charge < -0.3 is 14.2 Å². The monoisotopic (exact) mass is 412 g/mol. The van der Waals surface area contributed by atoms with Gasteiger partial charge in [-0.1, -0.05) is 30.3 Å². The molecule has 158 valence electrons. The molecule has 1 aromatic heterocycles. The second kappa shape index (κ2) is 8.66. The molecule has 1 aromatic carbocycles. The summed E-state index contributed by atoms with van der Waals surface area (Å²) >= 11 is 0. The van der Waals surface area contributed by atoms with E-state index in [2.05, 4.69) is 17.0 Å². The van der Waals surface area contributed by atoms with Crippen LogP contribution in [0.25, 0.3) is 0 Å². The summed E-state index contributed by atoms with van der Waals surface area (Å²) in [6, 6.07) is 12.8. The van der Waals surface area contributed by atoms with Crippen LogP contribution >= 0.6 is 0 Å². The molecule has 3 heterocycles. The van der Waals surface area contributed by atoms with Gasteiger partial charge in [-0.15, -0.1) is 0 Å². The van der Waals surface area contributed by atoms with Crippen molar-refractivity contribution in [1.29, 1.82) is 0 Å². The summed E-state index contributed by atoms with van der Waals surface area (Å²) in [5, 5.41) is 10.7. The predicted octanol–water partition coefficient (Wildman–Crippen LogP) is 1.65. The van der Waals surface area contributed by atoms with Crippen LogP contribution in [-0.4, -0.2) is 77.3 Å². The van der Waals surface area contributed by atoms with Crippen molar-refractivity contribution in [2.75, 3.05) is 45.8 Å². The molecule has 2 amide bonds. The maximum Gasteiger partial charge on any atom is 0.433 e. The van der Waals surface area contributed by atoms with Gasteiger partial charge in [-0.3, -0.25) is 24.6 Å². The zero-order valence-electron chi connectivity index (χ0n) is 16.6. The molecule has 0 radical (unpaired) electrons.